The lowest BCUT2D eigenvalue weighted by molar-refractivity contribution is 0.489. The molecule has 0 fully saturated rings. The Morgan fingerprint density at radius 2 is 2.08 bits per heavy atom. The topological polar surface area (TPSA) is 28.7 Å². The van der Waals surface area contributed by atoms with Crippen LogP contribution in [-0.2, 0) is 0 Å². The molecule has 0 aliphatic carbocycles. The second kappa shape index (κ2) is 2.57. The number of hydrogen-bond acceptors (Lipinski definition) is 1. The van der Waals surface area contributed by atoms with Crippen molar-refractivity contribution < 1.29 is 0 Å². The molecule has 0 aliphatic rings. The lowest BCUT2D eigenvalue weighted by Crippen LogP contribution is -2.34. The number of nitrogens with zero attached hydrogens (tertiary/aromatic N) is 2. The van der Waals surface area contributed by atoms with Gasteiger partial charge in [-0.1, -0.05) is 0 Å². The maximum atomic E-state index is 4.36. The number of fused-ring (bicyclic) bond motifs is 1. The van der Waals surface area contributed by atoms with E-state index in [1.165, 1.54) is 5.69 Å². The fraction of sp³-hybridized carbons (Fsp3) is 0.300. The maximum absolute atomic E-state index is 4.36. The van der Waals surface area contributed by atoms with Crippen molar-refractivity contribution in [3.05, 3.63) is 24.5 Å². The number of quaternary nitrogens is 1. The van der Waals surface area contributed by atoms with Crippen LogP contribution in [0.3, 0.4) is 0 Å². The first-order valence-corrected chi connectivity index (χ1v) is 4.33. The van der Waals surface area contributed by atoms with Crippen LogP contribution in [0.25, 0.3) is 11.0 Å². The highest BCUT2D eigenvalue weighted by Crippen LogP contribution is 2.25. The van der Waals surface area contributed by atoms with E-state index in [1.54, 1.807) is 0 Å². The summed E-state index contributed by atoms with van der Waals surface area (Å²) in [4.78, 5) is 7.58. The average molecular weight is 176 g/mol. The third-order valence-corrected chi connectivity index (χ3v) is 2.14. The van der Waals surface area contributed by atoms with Gasteiger partial charge in [-0.05, 0) is 12.1 Å². The molecule has 0 aromatic carbocycles. The SMILES string of the molecule is C[N+](C)(C)c1c[nH]c2cccnc12. The molecule has 0 amide bonds. The molecule has 2 heterocycles. The predicted molar refractivity (Wildman–Crippen MR) is 55.7 cm³/mol. The van der Waals surface area contributed by atoms with E-state index in [0.717, 1.165) is 15.5 Å². The summed E-state index contributed by atoms with van der Waals surface area (Å²) in [5.41, 5.74) is 3.39. The fourth-order valence-corrected chi connectivity index (χ4v) is 1.45. The zero-order chi connectivity index (χ0) is 9.47. The molecule has 0 bridgehead atoms. The van der Waals surface area contributed by atoms with Crippen LogP contribution in [0.2, 0.25) is 0 Å². The Morgan fingerprint density at radius 1 is 1.31 bits per heavy atom. The van der Waals surface area contributed by atoms with Crippen molar-refractivity contribution in [3.8, 4) is 0 Å². The van der Waals surface area contributed by atoms with Gasteiger partial charge in [0, 0.05) is 6.20 Å². The molecule has 3 heteroatoms. The normalized spacial score (nSPS) is 12.2. The van der Waals surface area contributed by atoms with E-state index in [4.69, 9.17) is 0 Å². The number of aromatic nitrogens is 2. The van der Waals surface area contributed by atoms with Crippen LogP contribution in [0.15, 0.2) is 24.5 Å². The van der Waals surface area contributed by atoms with Crippen molar-refractivity contribution in [3.63, 3.8) is 0 Å². The Hall–Kier alpha value is -1.35. The van der Waals surface area contributed by atoms with E-state index in [-0.39, 0.29) is 0 Å². The van der Waals surface area contributed by atoms with Gasteiger partial charge >= 0.3 is 0 Å². The number of rotatable bonds is 1. The van der Waals surface area contributed by atoms with E-state index in [2.05, 4.69) is 31.1 Å². The van der Waals surface area contributed by atoms with Crippen molar-refractivity contribution in [2.24, 2.45) is 0 Å². The summed E-state index contributed by atoms with van der Waals surface area (Å²) in [7, 11) is 6.41. The summed E-state index contributed by atoms with van der Waals surface area (Å²) in [6.07, 6.45) is 3.85. The zero-order valence-corrected chi connectivity index (χ0v) is 8.20. The second-order valence-corrected chi connectivity index (χ2v) is 4.09. The molecule has 2 aromatic heterocycles. The summed E-state index contributed by atoms with van der Waals surface area (Å²) in [6.45, 7) is 0. The first-order chi connectivity index (χ1) is 6.09. The minimum Gasteiger partial charge on any atom is -0.355 e. The molecule has 0 aliphatic heterocycles. The first-order valence-electron chi connectivity index (χ1n) is 4.33. The molecule has 0 spiro atoms. The van der Waals surface area contributed by atoms with Crippen LogP contribution in [-0.4, -0.2) is 31.1 Å². The molecule has 0 saturated heterocycles. The lowest BCUT2D eigenvalue weighted by atomic mass is 10.3. The van der Waals surface area contributed by atoms with Gasteiger partial charge in [-0.15, -0.1) is 0 Å². The van der Waals surface area contributed by atoms with Crippen LogP contribution in [0.5, 0.6) is 0 Å². The van der Waals surface area contributed by atoms with Crippen molar-refractivity contribution in [1.29, 1.82) is 0 Å². The highest BCUT2D eigenvalue weighted by Gasteiger charge is 2.18. The van der Waals surface area contributed by atoms with Gasteiger partial charge in [0.15, 0.2) is 5.69 Å². The number of nitrogens with one attached hydrogen (secondary N) is 1. The molecule has 1 N–H and O–H groups in total. The molecule has 2 aromatic rings. The summed E-state index contributed by atoms with van der Waals surface area (Å²) in [5.74, 6) is 0. The summed E-state index contributed by atoms with van der Waals surface area (Å²) < 4.78 is 0.789. The summed E-state index contributed by atoms with van der Waals surface area (Å²) >= 11 is 0. The molecule has 0 atom stereocenters. The van der Waals surface area contributed by atoms with Crippen LogP contribution < -0.4 is 4.48 Å². The molecule has 0 saturated carbocycles. The highest BCUT2D eigenvalue weighted by molar-refractivity contribution is 5.87. The fourth-order valence-electron chi connectivity index (χ4n) is 1.45. The molecular weight excluding hydrogens is 162 g/mol. The minimum absolute atomic E-state index is 0.789. The van der Waals surface area contributed by atoms with Crippen LogP contribution in [0.4, 0.5) is 5.69 Å². The largest absolute Gasteiger partial charge is 0.355 e. The number of hydrogen-bond donors (Lipinski definition) is 1. The van der Waals surface area contributed by atoms with Gasteiger partial charge in [0.25, 0.3) is 0 Å². The van der Waals surface area contributed by atoms with Crippen LogP contribution in [0, 0.1) is 0 Å². The molecule has 2 rings (SSSR count). The van der Waals surface area contributed by atoms with Gasteiger partial charge in [0.2, 0.25) is 0 Å². The molecule has 13 heavy (non-hydrogen) atoms. The van der Waals surface area contributed by atoms with Crippen molar-refractivity contribution in [2.75, 3.05) is 21.1 Å². The number of H-pyrrole nitrogens is 1. The third-order valence-electron chi connectivity index (χ3n) is 2.14. The van der Waals surface area contributed by atoms with Gasteiger partial charge in [-0.2, -0.15) is 0 Å². The average Bonchev–Trinajstić information content (AvgIpc) is 2.45. The van der Waals surface area contributed by atoms with Crippen molar-refractivity contribution >= 4 is 16.7 Å². The maximum Gasteiger partial charge on any atom is 0.176 e. The van der Waals surface area contributed by atoms with E-state index in [9.17, 15) is 0 Å². The van der Waals surface area contributed by atoms with Gasteiger partial charge in [-0.25, -0.2) is 4.98 Å². The quantitative estimate of drug-likeness (QED) is 0.659. The van der Waals surface area contributed by atoms with Gasteiger partial charge < -0.3 is 4.98 Å². The molecule has 3 nitrogen and oxygen atoms in total. The zero-order valence-electron chi connectivity index (χ0n) is 8.20. The van der Waals surface area contributed by atoms with Gasteiger partial charge in [0.05, 0.1) is 32.9 Å². The Bertz CT molecular complexity index is 423. The Labute approximate surface area is 77.6 Å². The molecule has 0 radical (unpaired) electrons. The third kappa shape index (κ3) is 1.31. The van der Waals surface area contributed by atoms with Crippen LogP contribution in [0.1, 0.15) is 0 Å². The summed E-state index contributed by atoms with van der Waals surface area (Å²) in [6, 6.07) is 3.99. The summed E-state index contributed by atoms with van der Waals surface area (Å²) in [5, 5.41) is 0. The highest BCUT2D eigenvalue weighted by atomic mass is 15.3. The lowest BCUT2D eigenvalue weighted by Gasteiger charge is -2.21. The number of aromatic amines is 1. The van der Waals surface area contributed by atoms with E-state index in [1.807, 2.05) is 24.5 Å². The standard InChI is InChI=1S/C10H14N3/c1-13(2,3)9-7-12-8-5-4-6-11-10(8)9/h4-7,12H,1-3H3/q+1. The van der Waals surface area contributed by atoms with Crippen molar-refractivity contribution in [2.45, 2.75) is 0 Å². The predicted octanol–water partition coefficient (Wildman–Crippen LogP) is 1.76. The van der Waals surface area contributed by atoms with E-state index >= 15 is 0 Å². The van der Waals surface area contributed by atoms with Gasteiger partial charge in [0.1, 0.15) is 5.52 Å². The monoisotopic (exact) mass is 176 g/mol. The smallest absolute Gasteiger partial charge is 0.176 e. The molecular formula is C10H14N3+. The van der Waals surface area contributed by atoms with E-state index < -0.39 is 0 Å². The van der Waals surface area contributed by atoms with E-state index in [0.29, 0.717) is 0 Å². The molecule has 68 valence electrons. The van der Waals surface area contributed by atoms with Gasteiger partial charge in [-0.3, -0.25) is 4.48 Å². The molecule has 0 unspecified atom stereocenters. The van der Waals surface area contributed by atoms with Crippen molar-refractivity contribution in [1.82, 2.24) is 14.5 Å². The Morgan fingerprint density at radius 3 is 2.77 bits per heavy atom. The Kier molecular flexibility index (Phi) is 1.63. The van der Waals surface area contributed by atoms with Crippen LogP contribution >= 0.6 is 0 Å². The second-order valence-electron chi connectivity index (χ2n) is 4.09. The Balaban J connectivity index is 2.72. The first kappa shape index (κ1) is 8.26. The minimum atomic E-state index is 0.789. The number of pyridine rings is 1.